The molecule has 0 unspecified atom stereocenters. The SMILES string of the molecule is Cc1c(Br)ccc([N+](=O)[O-])c1N(C)C. The topological polar surface area (TPSA) is 46.4 Å². The number of halogens is 1. The number of hydrogen-bond acceptors (Lipinski definition) is 3. The second-order valence-corrected chi connectivity index (χ2v) is 4.05. The molecule has 0 aliphatic rings. The van der Waals surface area contributed by atoms with Crippen LogP contribution in [0.15, 0.2) is 16.6 Å². The lowest BCUT2D eigenvalue weighted by Gasteiger charge is -2.16. The Labute approximate surface area is 90.8 Å². The first-order valence-corrected chi connectivity index (χ1v) is 4.85. The molecule has 1 rings (SSSR count). The maximum atomic E-state index is 10.8. The predicted octanol–water partition coefficient (Wildman–Crippen LogP) is 2.73. The smallest absolute Gasteiger partial charge is 0.292 e. The summed E-state index contributed by atoms with van der Waals surface area (Å²) < 4.78 is 0.881. The molecule has 5 heteroatoms. The Morgan fingerprint density at radius 3 is 2.43 bits per heavy atom. The number of nitro groups is 1. The Balaban J connectivity index is 3.45. The highest BCUT2D eigenvalue weighted by atomic mass is 79.9. The zero-order valence-electron chi connectivity index (χ0n) is 8.24. The van der Waals surface area contributed by atoms with Gasteiger partial charge in [0.1, 0.15) is 5.69 Å². The molecule has 0 aliphatic carbocycles. The van der Waals surface area contributed by atoms with Crippen LogP contribution >= 0.6 is 15.9 Å². The molecule has 0 atom stereocenters. The summed E-state index contributed by atoms with van der Waals surface area (Å²) in [5, 5.41) is 10.8. The molecule has 0 aromatic heterocycles. The van der Waals surface area contributed by atoms with Crippen LogP contribution in [-0.4, -0.2) is 19.0 Å². The van der Waals surface area contributed by atoms with Crippen molar-refractivity contribution in [3.8, 4) is 0 Å². The second-order valence-electron chi connectivity index (χ2n) is 3.19. The van der Waals surface area contributed by atoms with Crippen molar-refractivity contribution in [2.24, 2.45) is 0 Å². The van der Waals surface area contributed by atoms with E-state index in [-0.39, 0.29) is 10.6 Å². The van der Waals surface area contributed by atoms with E-state index in [1.165, 1.54) is 6.07 Å². The van der Waals surface area contributed by atoms with Gasteiger partial charge in [-0.15, -0.1) is 0 Å². The third-order valence-corrected chi connectivity index (χ3v) is 2.85. The van der Waals surface area contributed by atoms with E-state index in [2.05, 4.69) is 15.9 Å². The Morgan fingerprint density at radius 2 is 2.00 bits per heavy atom. The van der Waals surface area contributed by atoms with Crippen molar-refractivity contribution in [3.63, 3.8) is 0 Å². The van der Waals surface area contributed by atoms with Gasteiger partial charge in [-0.1, -0.05) is 15.9 Å². The quantitative estimate of drug-likeness (QED) is 0.606. The van der Waals surface area contributed by atoms with Crippen LogP contribution < -0.4 is 4.90 Å². The number of rotatable bonds is 2. The van der Waals surface area contributed by atoms with Crippen LogP contribution in [0.2, 0.25) is 0 Å². The highest BCUT2D eigenvalue weighted by Gasteiger charge is 2.18. The molecule has 4 nitrogen and oxygen atoms in total. The van der Waals surface area contributed by atoms with Crippen LogP contribution in [0.4, 0.5) is 11.4 Å². The maximum absolute atomic E-state index is 10.8. The van der Waals surface area contributed by atoms with Crippen LogP contribution in [-0.2, 0) is 0 Å². The minimum atomic E-state index is -0.366. The molecule has 0 amide bonds. The van der Waals surface area contributed by atoms with E-state index < -0.39 is 0 Å². The first-order valence-electron chi connectivity index (χ1n) is 4.06. The van der Waals surface area contributed by atoms with Crippen LogP contribution in [0, 0.1) is 17.0 Å². The summed E-state index contributed by atoms with van der Waals surface area (Å²) in [5.74, 6) is 0. The van der Waals surface area contributed by atoms with Gasteiger partial charge in [-0.3, -0.25) is 10.1 Å². The molecule has 0 saturated heterocycles. The summed E-state index contributed by atoms with van der Waals surface area (Å²) in [6.45, 7) is 1.85. The lowest BCUT2D eigenvalue weighted by Crippen LogP contribution is -2.12. The van der Waals surface area contributed by atoms with E-state index in [1.807, 2.05) is 6.92 Å². The molecule has 76 valence electrons. The van der Waals surface area contributed by atoms with Crippen molar-refractivity contribution in [2.75, 3.05) is 19.0 Å². The van der Waals surface area contributed by atoms with Crippen molar-refractivity contribution in [1.82, 2.24) is 0 Å². The summed E-state index contributed by atoms with van der Waals surface area (Å²) in [7, 11) is 3.59. The monoisotopic (exact) mass is 258 g/mol. The summed E-state index contributed by atoms with van der Waals surface area (Å²) >= 11 is 3.35. The van der Waals surface area contributed by atoms with Crippen molar-refractivity contribution >= 4 is 27.3 Å². The molecule has 0 fully saturated rings. The largest absolute Gasteiger partial charge is 0.372 e. The summed E-state index contributed by atoms with van der Waals surface area (Å²) in [4.78, 5) is 12.1. The molecule has 0 aliphatic heterocycles. The van der Waals surface area contributed by atoms with Gasteiger partial charge in [0.2, 0.25) is 0 Å². The van der Waals surface area contributed by atoms with Crippen LogP contribution in [0.5, 0.6) is 0 Å². The van der Waals surface area contributed by atoms with E-state index in [9.17, 15) is 10.1 Å². The first kappa shape index (κ1) is 11.0. The van der Waals surface area contributed by atoms with Crippen molar-refractivity contribution in [2.45, 2.75) is 6.92 Å². The average Bonchev–Trinajstić information content (AvgIpc) is 2.08. The fourth-order valence-electron chi connectivity index (χ4n) is 1.37. The van der Waals surface area contributed by atoms with Crippen LogP contribution in [0.1, 0.15) is 5.56 Å². The Hall–Kier alpha value is -1.10. The fraction of sp³-hybridized carbons (Fsp3) is 0.333. The molecular formula is C9H11BrN2O2. The molecule has 0 spiro atoms. The standard InChI is InChI=1S/C9H11BrN2O2/c1-6-7(10)4-5-8(12(13)14)9(6)11(2)3/h4-5H,1-3H3. The summed E-state index contributed by atoms with van der Waals surface area (Å²) in [6, 6.07) is 3.20. The first-order chi connectivity index (χ1) is 6.45. The summed E-state index contributed by atoms with van der Waals surface area (Å²) in [6.07, 6.45) is 0. The summed E-state index contributed by atoms with van der Waals surface area (Å²) in [5.41, 5.74) is 1.66. The number of hydrogen-bond donors (Lipinski definition) is 0. The molecule has 0 N–H and O–H groups in total. The van der Waals surface area contributed by atoms with Crippen molar-refractivity contribution < 1.29 is 4.92 Å². The van der Waals surface area contributed by atoms with Crippen molar-refractivity contribution in [1.29, 1.82) is 0 Å². The molecule has 14 heavy (non-hydrogen) atoms. The average molecular weight is 259 g/mol. The van der Waals surface area contributed by atoms with Gasteiger partial charge in [0.25, 0.3) is 5.69 Å². The number of benzene rings is 1. The molecule has 0 bridgehead atoms. The fourth-order valence-corrected chi connectivity index (χ4v) is 1.69. The molecule has 0 saturated carbocycles. The molecular weight excluding hydrogens is 248 g/mol. The zero-order valence-corrected chi connectivity index (χ0v) is 9.83. The minimum absolute atomic E-state index is 0.135. The van der Waals surface area contributed by atoms with E-state index >= 15 is 0 Å². The Kier molecular flexibility index (Phi) is 3.10. The number of anilines is 1. The lowest BCUT2D eigenvalue weighted by molar-refractivity contribution is -0.384. The van der Waals surface area contributed by atoms with Gasteiger partial charge >= 0.3 is 0 Å². The van der Waals surface area contributed by atoms with Gasteiger partial charge in [-0.25, -0.2) is 0 Å². The van der Waals surface area contributed by atoms with Gasteiger partial charge in [0, 0.05) is 24.6 Å². The Bertz CT molecular complexity index is 377. The molecule has 1 aromatic rings. The number of nitrogens with zero attached hydrogens (tertiary/aromatic N) is 2. The van der Waals surface area contributed by atoms with Gasteiger partial charge in [-0.2, -0.15) is 0 Å². The van der Waals surface area contributed by atoms with Gasteiger partial charge < -0.3 is 4.90 Å². The zero-order chi connectivity index (χ0) is 10.9. The number of nitro benzene ring substituents is 1. The lowest BCUT2D eigenvalue weighted by atomic mass is 10.1. The molecule has 0 radical (unpaired) electrons. The third kappa shape index (κ3) is 1.87. The second kappa shape index (κ2) is 3.96. The third-order valence-electron chi connectivity index (χ3n) is 1.99. The van der Waals surface area contributed by atoms with Gasteiger partial charge in [-0.05, 0) is 18.6 Å². The highest BCUT2D eigenvalue weighted by molar-refractivity contribution is 9.10. The molecule has 0 heterocycles. The predicted molar refractivity (Wildman–Crippen MR) is 59.9 cm³/mol. The van der Waals surface area contributed by atoms with E-state index in [4.69, 9.17) is 0 Å². The van der Waals surface area contributed by atoms with Crippen LogP contribution in [0.25, 0.3) is 0 Å². The van der Waals surface area contributed by atoms with Gasteiger partial charge in [0.15, 0.2) is 0 Å². The van der Waals surface area contributed by atoms with Crippen LogP contribution in [0.3, 0.4) is 0 Å². The van der Waals surface area contributed by atoms with Gasteiger partial charge in [0.05, 0.1) is 4.92 Å². The molecule has 1 aromatic carbocycles. The van der Waals surface area contributed by atoms with E-state index in [1.54, 1.807) is 25.1 Å². The Morgan fingerprint density at radius 1 is 1.43 bits per heavy atom. The van der Waals surface area contributed by atoms with E-state index in [0.717, 1.165) is 10.0 Å². The highest BCUT2D eigenvalue weighted by Crippen LogP contribution is 2.34. The normalized spacial score (nSPS) is 10.0. The van der Waals surface area contributed by atoms with Crippen molar-refractivity contribution in [3.05, 3.63) is 32.3 Å². The maximum Gasteiger partial charge on any atom is 0.292 e. The minimum Gasteiger partial charge on any atom is -0.372 e. The van der Waals surface area contributed by atoms with E-state index in [0.29, 0.717) is 5.69 Å².